The standard InChI is InChI=1S/C21H32N2O2/c1-15(2)19-12-8-9-16(3)21(19)23(17(4)24)14-13-20(25)22-18-10-6-5-7-11-18/h8-9,12,15,18H,5-7,10-11,13-14H2,1-4H3,(H,22,25). The Labute approximate surface area is 152 Å². The summed E-state index contributed by atoms with van der Waals surface area (Å²) in [7, 11) is 0. The molecule has 0 aliphatic heterocycles. The van der Waals surface area contributed by atoms with Crippen molar-refractivity contribution < 1.29 is 9.59 Å². The van der Waals surface area contributed by atoms with E-state index in [4.69, 9.17) is 0 Å². The zero-order valence-electron chi connectivity index (χ0n) is 16.1. The molecule has 138 valence electrons. The first-order valence-electron chi connectivity index (χ1n) is 9.57. The van der Waals surface area contributed by atoms with Gasteiger partial charge in [0.1, 0.15) is 0 Å². The van der Waals surface area contributed by atoms with Crippen LogP contribution in [0.15, 0.2) is 18.2 Å². The van der Waals surface area contributed by atoms with Gasteiger partial charge >= 0.3 is 0 Å². The second-order valence-corrected chi connectivity index (χ2v) is 7.49. The van der Waals surface area contributed by atoms with Gasteiger partial charge in [-0.05, 0) is 36.8 Å². The van der Waals surface area contributed by atoms with Crippen molar-refractivity contribution in [3.63, 3.8) is 0 Å². The van der Waals surface area contributed by atoms with E-state index < -0.39 is 0 Å². The summed E-state index contributed by atoms with van der Waals surface area (Å²) < 4.78 is 0. The number of amides is 2. The molecule has 0 radical (unpaired) electrons. The summed E-state index contributed by atoms with van der Waals surface area (Å²) in [6.45, 7) is 8.30. The number of anilines is 1. The van der Waals surface area contributed by atoms with Gasteiger partial charge in [-0.25, -0.2) is 0 Å². The third kappa shape index (κ3) is 5.32. The number of carbonyl (C=O) groups excluding carboxylic acids is 2. The summed E-state index contributed by atoms with van der Waals surface area (Å²) in [5.41, 5.74) is 3.20. The van der Waals surface area contributed by atoms with Gasteiger partial charge in [0.05, 0.1) is 0 Å². The Hall–Kier alpha value is -1.84. The average Bonchev–Trinajstić information content (AvgIpc) is 2.56. The lowest BCUT2D eigenvalue weighted by molar-refractivity contribution is -0.121. The van der Waals surface area contributed by atoms with E-state index in [2.05, 4.69) is 25.2 Å². The van der Waals surface area contributed by atoms with Crippen LogP contribution in [0.25, 0.3) is 0 Å². The first-order chi connectivity index (χ1) is 11.9. The van der Waals surface area contributed by atoms with Crippen molar-refractivity contribution in [3.8, 4) is 0 Å². The maximum atomic E-state index is 12.3. The van der Waals surface area contributed by atoms with Crippen molar-refractivity contribution in [2.24, 2.45) is 0 Å². The van der Waals surface area contributed by atoms with Crippen LogP contribution in [0.4, 0.5) is 5.69 Å². The lowest BCUT2D eigenvalue weighted by atomic mass is 9.95. The van der Waals surface area contributed by atoms with Gasteiger partial charge < -0.3 is 10.2 Å². The normalized spacial score (nSPS) is 15.2. The van der Waals surface area contributed by atoms with Crippen LogP contribution in [-0.4, -0.2) is 24.4 Å². The first-order valence-corrected chi connectivity index (χ1v) is 9.57. The third-order valence-corrected chi connectivity index (χ3v) is 5.07. The highest BCUT2D eigenvalue weighted by Crippen LogP contribution is 2.31. The molecule has 1 aromatic rings. The number of benzene rings is 1. The predicted octanol–water partition coefficient (Wildman–Crippen LogP) is 4.31. The number of nitrogens with zero attached hydrogens (tertiary/aromatic N) is 1. The minimum absolute atomic E-state index is 0.0123. The van der Waals surface area contributed by atoms with E-state index in [1.54, 1.807) is 11.8 Å². The van der Waals surface area contributed by atoms with Crippen LogP contribution >= 0.6 is 0 Å². The Morgan fingerprint density at radius 1 is 1.20 bits per heavy atom. The fraction of sp³-hybridized carbons (Fsp3) is 0.619. The fourth-order valence-corrected chi connectivity index (χ4v) is 3.70. The highest BCUT2D eigenvalue weighted by molar-refractivity contribution is 5.94. The Kier molecular flexibility index (Phi) is 7.03. The van der Waals surface area contributed by atoms with E-state index in [0.717, 1.165) is 29.7 Å². The van der Waals surface area contributed by atoms with Crippen molar-refractivity contribution in [2.45, 2.75) is 78.2 Å². The lowest BCUT2D eigenvalue weighted by Crippen LogP contribution is -2.39. The molecular weight excluding hydrogens is 312 g/mol. The van der Waals surface area contributed by atoms with Crippen molar-refractivity contribution >= 4 is 17.5 Å². The lowest BCUT2D eigenvalue weighted by Gasteiger charge is -2.28. The molecule has 4 heteroatoms. The van der Waals surface area contributed by atoms with Gasteiger partial charge in [-0.15, -0.1) is 0 Å². The van der Waals surface area contributed by atoms with Crippen LogP contribution in [0, 0.1) is 6.92 Å². The summed E-state index contributed by atoms with van der Waals surface area (Å²) in [5, 5.41) is 3.14. The van der Waals surface area contributed by atoms with E-state index in [-0.39, 0.29) is 11.8 Å². The van der Waals surface area contributed by atoms with Crippen LogP contribution < -0.4 is 10.2 Å². The van der Waals surface area contributed by atoms with Gasteiger partial charge in [0.15, 0.2) is 0 Å². The van der Waals surface area contributed by atoms with Crippen LogP contribution in [0.1, 0.15) is 76.3 Å². The Bertz CT molecular complexity index is 604. The summed E-state index contributed by atoms with van der Waals surface area (Å²) >= 11 is 0. The highest BCUT2D eigenvalue weighted by atomic mass is 16.2. The molecule has 0 aromatic heterocycles. The molecule has 0 heterocycles. The Morgan fingerprint density at radius 2 is 1.88 bits per heavy atom. The SMILES string of the molecule is CC(=O)N(CCC(=O)NC1CCCCC1)c1c(C)cccc1C(C)C. The van der Waals surface area contributed by atoms with Gasteiger partial charge in [0, 0.05) is 31.6 Å². The van der Waals surface area contributed by atoms with Crippen LogP contribution in [0.3, 0.4) is 0 Å². The molecule has 25 heavy (non-hydrogen) atoms. The molecule has 2 amide bonds. The van der Waals surface area contributed by atoms with E-state index >= 15 is 0 Å². The van der Waals surface area contributed by atoms with E-state index in [1.807, 2.05) is 19.1 Å². The van der Waals surface area contributed by atoms with Crippen LogP contribution in [0.2, 0.25) is 0 Å². The van der Waals surface area contributed by atoms with Crippen molar-refractivity contribution in [2.75, 3.05) is 11.4 Å². The number of hydrogen-bond donors (Lipinski definition) is 1. The molecular formula is C21H32N2O2. The Morgan fingerprint density at radius 3 is 2.48 bits per heavy atom. The van der Waals surface area contributed by atoms with Gasteiger partial charge in [0.2, 0.25) is 11.8 Å². The maximum Gasteiger partial charge on any atom is 0.223 e. The Balaban J connectivity index is 2.06. The third-order valence-electron chi connectivity index (χ3n) is 5.07. The highest BCUT2D eigenvalue weighted by Gasteiger charge is 2.21. The second kappa shape index (κ2) is 9.02. The molecule has 2 rings (SSSR count). The topological polar surface area (TPSA) is 49.4 Å². The number of aryl methyl sites for hydroxylation is 1. The molecule has 1 aromatic carbocycles. The van der Waals surface area contributed by atoms with E-state index in [1.165, 1.54) is 19.3 Å². The molecule has 0 atom stereocenters. The van der Waals surface area contributed by atoms with Crippen molar-refractivity contribution in [3.05, 3.63) is 29.3 Å². The molecule has 0 bridgehead atoms. The van der Waals surface area contributed by atoms with E-state index in [9.17, 15) is 9.59 Å². The zero-order valence-corrected chi connectivity index (χ0v) is 16.1. The first kappa shape index (κ1) is 19.5. The molecule has 0 spiro atoms. The zero-order chi connectivity index (χ0) is 18.4. The van der Waals surface area contributed by atoms with Gasteiger partial charge in [0.25, 0.3) is 0 Å². The number of nitrogens with one attached hydrogen (secondary N) is 1. The number of carbonyl (C=O) groups is 2. The smallest absolute Gasteiger partial charge is 0.223 e. The minimum Gasteiger partial charge on any atom is -0.353 e. The molecule has 1 aliphatic carbocycles. The predicted molar refractivity (Wildman–Crippen MR) is 103 cm³/mol. The largest absolute Gasteiger partial charge is 0.353 e. The molecule has 4 nitrogen and oxygen atoms in total. The quantitative estimate of drug-likeness (QED) is 0.836. The molecule has 0 saturated heterocycles. The monoisotopic (exact) mass is 344 g/mol. The fourth-order valence-electron chi connectivity index (χ4n) is 3.70. The average molecular weight is 344 g/mol. The number of para-hydroxylation sites is 1. The molecule has 1 N–H and O–H groups in total. The van der Waals surface area contributed by atoms with Gasteiger partial charge in [-0.1, -0.05) is 51.3 Å². The van der Waals surface area contributed by atoms with Gasteiger partial charge in [-0.3, -0.25) is 9.59 Å². The molecule has 1 saturated carbocycles. The number of hydrogen-bond acceptors (Lipinski definition) is 2. The van der Waals surface area contributed by atoms with Crippen molar-refractivity contribution in [1.82, 2.24) is 5.32 Å². The number of rotatable bonds is 6. The van der Waals surface area contributed by atoms with E-state index in [0.29, 0.717) is 24.9 Å². The summed E-state index contributed by atoms with van der Waals surface area (Å²) in [6.07, 6.45) is 6.18. The second-order valence-electron chi connectivity index (χ2n) is 7.49. The minimum atomic E-state index is -0.0123. The molecule has 1 fully saturated rings. The van der Waals surface area contributed by atoms with Gasteiger partial charge in [-0.2, -0.15) is 0 Å². The summed E-state index contributed by atoms with van der Waals surface area (Å²) in [6, 6.07) is 6.45. The summed E-state index contributed by atoms with van der Waals surface area (Å²) in [4.78, 5) is 26.4. The molecule has 0 unspecified atom stereocenters. The molecule has 1 aliphatic rings. The van der Waals surface area contributed by atoms with Crippen molar-refractivity contribution in [1.29, 1.82) is 0 Å². The van der Waals surface area contributed by atoms with Crippen LogP contribution in [-0.2, 0) is 9.59 Å². The van der Waals surface area contributed by atoms with Crippen LogP contribution in [0.5, 0.6) is 0 Å². The maximum absolute atomic E-state index is 12.3. The summed E-state index contributed by atoms with van der Waals surface area (Å²) in [5.74, 6) is 0.368.